The first kappa shape index (κ1) is 8.17. The summed E-state index contributed by atoms with van der Waals surface area (Å²) in [5.41, 5.74) is 9.52. The molecular weight excluding hydrogens is 162 g/mol. The highest BCUT2D eigenvalue weighted by atomic mass is 16.3. The van der Waals surface area contributed by atoms with Crippen molar-refractivity contribution in [3.05, 3.63) is 34.9 Å². The van der Waals surface area contributed by atoms with Crippen LogP contribution in [0.3, 0.4) is 0 Å². The molecule has 0 unspecified atom stereocenters. The summed E-state index contributed by atoms with van der Waals surface area (Å²) in [4.78, 5) is 0. The van der Waals surface area contributed by atoms with Crippen molar-refractivity contribution < 1.29 is 5.11 Å². The van der Waals surface area contributed by atoms with Crippen LogP contribution in [-0.4, -0.2) is 5.11 Å². The number of aliphatic hydroxyl groups excluding tert-OH is 1. The lowest BCUT2D eigenvalue weighted by Gasteiger charge is -2.03. The average Bonchev–Trinajstić information content (AvgIpc) is 2.91. The van der Waals surface area contributed by atoms with Crippen molar-refractivity contribution in [1.29, 1.82) is 0 Å². The van der Waals surface area contributed by atoms with Gasteiger partial charge in [0, 0.05) is 11.3 Å². The van der Waals surface area contributed by atoms with Gasteiger partial charge in [-0.2, -0.15) is 0 Å². The molecule has 0 spiro atoms. The molecule has 0 heterocycles. The third-order valence-electron chi connectivity index (χ3n) is 2.39. The van der Waals surface area contributed by atoms with Gasteiger partial charge in [0.05, 0.1) is 0 Å². The lowest BCUT2D eigenvalue weighted by Crippen LogP contribution is -1.91. The molecule has 1 saturated carbocycles. The summed E-state index contributed by atoms with van der Waals surface area (Å²) in [6, 6.07) is 5.67. The van der Waals surface area contributed by atoms with Crippen molar-refractivity contribution in [2.75, 3.05) is 5.73 Å². The fourth-order valence-corrected chi connectivity index (χ4v) is 1.29. The minimum Gasteiger partial charge on any atom is -0.507 e. The summed E-state index contributed by atoms with van der Waals surface area (Å²) in [6.07, 6.45) is 2.05. The van der Waals surface area contributed by atoms with Crippen LogP contribution in [0.4, 0.5) is 5.69 Å². The van der Waals surface area contributed by atoms with Crippen LogP contribution in [0.5, 0.6) is 0 Å². The van der Waals surface area contributed by atoms with Gasteiger partial charge in [0.15, 0.2) is 0 Å². The van der Waals surface area contributed by atoms with Crippen molar-refractivity contribution in [3.63, 3.8) is 0 Å². The van der Waals surface area contributed by atoms with E-state index < -0.39 is 0 Å². The Kier molecular flexibility index (Phi) is 1.76. The van der Waals surface area contributed by atoms with Gasteiger partial charge in [0.1, 0.15) is 5.76 Å². The number of aryl methyl sites for hydroxylation is 1. The second-order valence-electron chi connectivity index (χ2n) is 3.52. The van der Waals surface area contributed by atoms with E-state index in [-0.39, 0.29) is 0 Å². The number of benzene rings is 1. The molecule has 68 valence electrons. The van der Waals surface area contributed by atoms with E-state index in [9.17, 15) is 5.11 Å². The van der Waals surface area contributed by atoms with Gasteiger partial charge in [-0.05, 0) is 37.0 Å². The Hall–Kier alpha value is -1.44. The largest absolute Gasteiger partial charge is 0.507 e. The fourth-order valence-electron chi connectivity index (χ4n) is 1.29. The van der Waals surface area contributed by atoms with Gasteiger partial charge < -0.3 is 10.8 Å². The van der Waals surface area contributed by atoms with Crippen molar-refractivity contribution >= 4 is 11.4 Å². The molecule has 0 bridgehead atoms. The molecule has 0 aliphatic heterocycles. The lowest BCUT2D eigenvalue weighted by molar-refractivity contribution is 0.509. The summed E-state index contributed by atoms with van der Waals surface area (Å²) in [6.45, 7) is 1.96. The molecule has 0 radical (unpaired) electrons. The van der Waals surface area contributed by atoms with Crippen LogP contribution in [0.2, 0.25) is 0 Å². The molecular formula is C11H13NO. The molecule has 2 nitrogen and oxygen atoms in total. The monoisotopic (exact) mass is 175 g/mol. The number of hydrogen-bond donors (Lipinski definition) is 2. The Labute approximate surface area is 77.7 Å². The highest BCUT2D eigenvalue weighted by Crippen LogP contribution is 2.35. The zero-order valence-electron chi connectivity index (χ0n) is 7.67. The van der Waals surface area contributed by atoms with E-state index in [4.69, 9.17) is 5.73 Å². The van der Waals surface area contributed by atoms with Crippen LogP contribution >= 0.6 is 0 Å². The van der Waals surface area contributed by atoms with Gasteiger partial charge in [-0.3, -0.25) is 0 Å². The highest BCUT2D eigenvalue weighted by molar-refractivity contribution is 5.68. The van der Waals surface area contributed by atoms with E-state index in [1.165, 1.54) is 0 Å². The molecule has 3 N–H and O–H groups in total. The van der Waals surface area contributed by atoms with Gasteiger partial charge >= 0.3 is 0 Å². The second kappa shape index (κ2) is 2.80. The predicted octanol–water partition coefficient (Wildman–Crippen LogP) is 2.64. The molecule has 0 atom stereocenters. The number of allylic oxidation sites excluding steroid dienone is 1. The first-order chi connectivity index (χ1) is 6.18. The van der Waals surface area contributed by atoms with Gasteiger partial charge in [0.2, 0.25) is 0 Å². The maximum absolute atomic E-state index is 9.70. The lowest BCUT2D eigenvalue weighted by atomic mass is 10.1. The van der Waals surface area contributed by atoms with Crippen LogP contribution in [-0.2, 0) is 0 Å². The summed E-state index contributed by atoms with van der Waals surface area (Å²) < 4.78 is 0. The van der Waals surface area contributed by atoms with Crippen LogP contribution in [0, 0.1) is 6.92 Å². The van der Waals surface area contributed by atoms with Crippen LogP contribution < -0.4 is 5.73 Å². The summed E-state index contributed by atoms with van der Waals surface area (Å²) in [7, 11) is 0. The second-order valence-corrected chi connectivity index (χ2v) is 3.52. The van der Waals surface area contributed by atoms with Crippen molar-refractivity contribution in [3.8, 4) is 0 Å². The zero-order chi connectivity index (χ0) is 9.42. The Morgan fingerprint density at radius 3 is 2.62 bits per heavy atom. The number of rotatable bonds is 1. The Balaban J connectivity index is 2.42. The third kappa shape index (κ3) is 1.52. The molecule has 1 fully saturated rings. The van der Waals surface area contributed by atoms with Crippen LogP contribution in [0.25, 0.3) is 5.76 Å². The van der Waals surface area contributed by atoms with Crippen LogP contribution in [0.1, 0.15) is 24.0 Å². The minimum atomic E-state index is 0.423. The molecule has 1 aromatic rings. The molecule has 2 heteroatoms. The highest BCUT2D eigenvalue weighted by Gasteiger charge is 2.18. The Morgan fingerprint density at radius 1 is 1.38 bits per heavy atom. The quantitative estimate of drug-likeness (QED) is 0.509. The van der Waals surface area contributed by atoms with Gasteiger partial charge in [-0.1, -0.05) is 12.1 Å². The number of nitrogens with two attached hydrogens (primary N) is 1. The summed E-state index contributed by atoms with van der Waals surface area (Å²) in [5, 5.41) is 9.70. The molecule has 0 saturated heterocycles. The Bertz CT molecular complexity index is 374. The fraction of sp³-hybridized carbons (Fsp3) is 0.273. The first-order valence-corrected chi connectivity index (χ1v) is 4.46. The number of aliphatic hydroxyl groups is 1. The first-order valence-electron chi connectivity index (χ1n) is 4.46. The van der Waals surface area contributed by atoms with Gasteiger partial charge in [-0.15, -0.1) is 0 Å². The zero-order valence-corrected chi connectivity index (χ0v) is 7.67. The molecule has 1 aliphatic rings. The molecule has 2 rings (SSSR count). The summed E-state index contributed by atoms with van der Waals surface area (Å²) >= 11 is 0. The maximum Gasteiger partial charge on any atom is 0.122 e. The van der Waals surface area contributed by atoms with E-state index in [1.807, 2.05) is 25.1 Å². The van der Waals surface area contributed by atoms with E-state index >= 15 is 0 Å². The molecule has 0 amide bonds. The third-order valence-corrected chi connectivity index (χ3v) is 2.39. The van der Waals surface area contributed by atoms with Crippen molar-refractivity contribution in [2.24, 2.45) is 0 Å². The van der Waals surface area contributed by atoms with E-state index in [2.05, 4.69) is 0 Å². The van der Waals surface area contributed by atoms with Gasteiger partial charge in [-0.25, -0.2) is 0 Å². The van der Waals surface area contributed by atoms with E-state index in [0.29, 0.717) is 5.76 Å². The number of nitrogen functional groups attached to an aromatic ring is 1. The molecule has 0 aromatic heterocycles. The predicted molar refractivity (Wildman–Crippen MR) is 54.4 cm³/mol. The van der Waals surface area contributed by atoms with Crippen molar-refractivity contribution in [1.82, 2.24) is 0 Å². The van der Waals surface area contributed by atoms with Crippen LogP contribution in [0.15, 0.2) is 23.8 Å². The smallest absolute Gasteiger partial charge is 0.122 e. The Morgan fingerprint density at radius 2 is 2.08 bits per heavy atom. The van der Waals surface area contributed by atoms with Crippen molar-refractivity contribution in [2.45, 2.75) is 19.8 Å². The molecule has 13 heavy (non-hydrogen) atoms. The van der Waals surface area contributed by atoms with Gasteiger partial charge in [0.25, 0.3) is 0 Å². The molecule has 1 aromatic carbocycles. The number of hydrogen-bond acceptors (Lipinski definition) is 2. The minimum absolute atomic E-state index is 0.423. The standard InChI is InChI=1S/C11H13NO/c1-7-2-3-9(6-10(7)12)11(13)8-4-5-8/h2-3,6,13H,4-5,12H2,1H3. The SMILES string of the molecule is Cc1ccc(C(O)=C2CC2)cc1N. The topological polar surface area (TPSA) is 46.2 Å². The molecule has 1 aliphatic carbocycles. The maximum atomic E-state index is 9.70. The normalized spacial score (nSPS) is 14.4. The number of anilines is 1. The summed E-state index contributed by atoms with van der Waals surface area (Å²) in [5.74, 6) is 0.423. The van der Waals surface area contributed by atoms with E-state index in [1.54, 1.807) is 0 Å². The van der Waals surface area contributed by atoms with E-state index in [0.717, 1.165) is 35.2 Å². The average molecular weight is 175 g/mol.